The van der Waals surface area contributed by atoms with E-state index >= 15 is 0 Å². The zero-order valence-electron chi connectivity index (χ0n) is 18.0. The van der Waals surface area contributed by atoms with Crippen LogP contribution >= 0.6 is 0 Å². The van der Waals surface area contributed by atoms with Gasteiger partial charge in [0.1, 0.15) is 0 Å². The van der Waals surface area contributed by atoms with E-state index in [4.69, 9.17) is 0 Å². The van der Waals surface area contributed by atoms with Crippen LogP contribution in [-0.4, -0.2) is 11.6 Å². The minimum Gasteiger partial charge on any atom is -0.289 e. The number of rotatable bonds is 10. The molecule has 0 saturated carbocycles. The molecule has 0 radical (unpaired) electrons. The predicted octanol–water partition coefficient (Wildman–Crippen LogP) is 6.83. The molecule has 2 nitrogen and oxygen atoms in total. The molecule has 0 aliphatic heterocycles. The van der Waals surface area contributed by atoms with Gasteiger partial charge in [-0.15, -0.1) is 0 Å². The Morgan fingerprint density at radius 3 is 1.27 bits per heavy atom. The molecule has 2 heteroatoms. The third-order valence-electron chi connectivity index (χ3n) is 5.50. The lowest BCUT2D eigenvalue weighted by Gasteiger charge is -2.18. The van der Waals surface area contributed by atoms with Crippen molar-refractivity contribution < 1.29 is 9.59 Å². The van der Waals surface area contributed by atoms with Gasteiger partial charge in [0.25, 0.3) is 0 Å². The highest BCUT2D eigenvalue weighted by Gasteiger charge is 2.25. The third kappa shape index (κ3) is 4.94. The highest BCUT2D eigenvalue weighted by Crippen LogP contribution is 2.28. The lowest BCUT2D eigenvalue weighted by atomic mass is 9.84. The van der Waals surface area contributed by atoms with Crippen molar-refractivity contribution in [3.8, 4) is 0 Å². The number of benzene rings is 3. The number of carbonyl (C=O) groups excluding carboxylic acids is 2. The first-order valence-electron chi connectivity index (χ1n) is 11.0. The Balaban J connectivity index is 2.23. The third-order valence-corrected chi connectivity index (χ3v) is 5.50. The molecule has 0 heterocycles. The maximum atomic E-state index is 13.7. The molecule has 0 aromatic heterocycles. The van der Waals surface area contributed by atoms with Crippen LogP contribution in [0.5, 0.6) is 0 Å². The molecular weight excluding hydrogens is 368 g/mol. The Bertz CT molecular complexity index is 905. The zero-order chi connectivity index (χ0) is 21.3. The Morgan fingerprint density at radius 2 is 0.933 bits per heavy atom. The number of ketones is 2. The molecule has 0 aliphatic carbocycles. The maximum absolute atomic E-state index is 13.7. The number of carbonyl (C=O) groups is 2. The zero-order valence-corrected chi connectivity index (χ0v) is 18.0. The highest BCUT2D eigenvalue weighted by atomic mass is 16.1. The molecule has 154 valence electrons. The van der Waals surface area contributed by atoms with Crippen molar-refractivity contribution in [2.45, 2.75) is 52.4 Å². The first-order valence-corrected chi connectivity index (χ1v) is 11.0. The summed E-state index contributed by atoms with van der Waals surface area (Å²) in [5.41, 5.74) is 4.40. The number of unbranched alkanes of at least 4 members (excludes halogenated alkanes) is 2. The normalized spacial score (nSPS) is 10.7. The first-order chi connectivity index (χ1) is 14.7. The lowest BCUT2D eigenvalue weighted by Crippen LogP contribution is -2.17. The Kier molecular flexibility index (Phi) is 7.73. The molecular formula is C28H30O2. The SMILES string of the molecule is CCCCc1ccc(CCCC)c(C(=O)c2ccccc2)c1C(=O)c1ccccc1. The second kappa shape index (κ2) is 10.7. The molecule has 3 aromatic rings. The average molecular weight is 399 g/mol. The van der Waals surface area contributed by atoms with Gasteiger partial charge in [-0.3, -0.25) is 9.59 Å². The first kappa shape index (κ1) is 21.7. The van der Waals surface area contributed by atoms with Gasteiger partial charge in [0.2, 0.25) is 0 Å². The number of hydrogen-bond acceptors (Lipinski definition) is 2. The van der Waals surface area contributed by atoms with Gasteiger partial charge in [-0.2, -0.15) is 0 Å². The van der Waals surface area contributed by atoms with Gasteiger partial charge in [-0.1, -0.05) is 99.5 Å². The molecule has 0 amide bonds. The summed E-state index contributed by atoms with van der Waals surface area (Å²) >= 11 is 0. The van der Waals surface area contributed by atoms with Gasteiger partial charge in [0.15, 0.2) is 11.6 Å². The van der Waals surface area contributed by atoms with Gasteiger partial charge in [0.05, 0.1) is 0 Å². The van der Waals surface area contributed by atoms with E-state index in [1.54, 1.807) is 0 Å². The van der Waals surface area contributed by atoms with Crippen LogP contribution in [-0.2, 0) is 12.8 Å². The molecule has 3 rings (SSSR count). The Morgan fingerprint density at radius 1 is 0.567 bits per heavy atom. The lowest BCUT2D eigenvalue weighted by molar-refractivity contribution is 0.100. The van der Waals surface area contributed by atoms with Crippen LogP contribution in [0, 0.1) is 0 Å². The van der Waals surface area contributed by atoms with Crippen molar-refractivity contribution in [3.63, 3.8) is 0 Å². The predicted molar refractivity (Wildman–Crippen MR) is 123 cm³/mol. The van der Waals surface area contributed by atoms with Crippen LogP contribution in [0.15, 0.2) is 72.8 Å². The molecule has 0 spiro atoms. The molecule has 0 fully saturated rings. The van der Waals surface area contributed by atoms with Crippen molar-refractivity contribution in [2.24, 2.45) is 0 Å². The summed E-state index contributed by atoms with van der Waals surface area (Å²) < 4.78 is 0. The van der Waals surface area contributed by atoms with E-state index in [1.165, 1.54) is 0 Å². The molecule has 30 heavy (non-hydrogen) atoms. The molecule has 0 bridgehead atoms. The van der Waals surface area contributed by atoms with E-state index < -0.39 is 0 Å². The Labute approximate surface area is 180 Å². The van der Waals surface area contributed by atoms with Crippen LogP contribution in [0.3, 0.4) is 0 Å². The van der Waals surface area contributed by atoms with Crippen LogP contribution in [0.4, 0.5) is 0 Å². The van der Waals surface area contributed by atoms with Gasteiger partial charge >= 0.3 is 0 Å². The largest absolute Gasteiger partial charge is 0.289 e. The fraction of sp³-hybridized carbons (Fsp3) is 0.286. The molecule has 0 aliphatic rings. The van der Waals surface area contributed by atoms with Crippen LogP contribution in [0.2, 0.25) is 0 Å². The summed E-state index contributed by atoms with van der Waals surface area (Å²) in [7, 11) is 0. The van der Waals surface area contributed by atoms with Crippen molar-refractivity contribution in [3.05, 3.63) is 106 Å². The van der Waals surface area contributed by atoms with Crippen molar-refractivity contribution in [1.29, 1.82) is 0 Å². The summed E-state index contributed by atoms with van der Waals surface area (Å²) in [6.45, 7) is 4.29. The van der Waals surface area contributed by atoms with Crippen molar-refractivity contribution in [1.82, 2.24) is 0 Å². The minimum atomic E-state index is -0.0562. The summed E-state index contributed by atoms with van der Waals surface area (Å²) in [6, 6.07) is 22.8. The van der Waals surface area contributed by atoms with Crippen LogP contribution < -0.4 is 0 Å². The van der Waals surface area contributed by atoms with E-state index in [9.17, 15) is 9.59 Å². The topological polar surface area (TPSA) is 34.1 Å². The van der Waals surface area contributed by atoms with E-state index in [0.29, 0.717) is 22.3 Å². The Hall–Kier alpha value is -3.00. The molecule has 3 aromatic carbocycles. The van der Waals surface area contributed by atoms with Crippen LogP contribution in [0.1, 0.15) is 82.5 Å². The van der Waals surface area contributed by atoms with Gasteiger partial charge < -0.3 is 0 Å². The van der Waals surface area contributed by atoms with Crippen LogP contribution in [0.25, 0.3) is 0 Å². The van der Waals surface area contributed by atoms with Gasteiger partial charge in [-0.05, 0) is 36.8 Å². The summed E-state index contributed by atoms with van der Waals surface area (Å²) in [5, 5.41) is 0. The quantitative estimate of drug-likeness (QED) is 0.351. The van der Waals surface area contributed by atoms with E-state index in [-0.39, 0.29) is 11.6 Å². The fourth-order valence-corrected chi connectivity index (χ4v) is 3.83. The highest BCUT2D eigenvalue weighted by molar-refractivity contribution is 6.21. The fourth-order valence-electron chi connectivity index (χ4n) is 3.83. The molecule has 0 N–H and O–H groups in total. The second-order valence-corrected chi connectivity index (χ2v) is 7.73. The van der Waals surface area contributed by atoms with E-state index in [1.807, 2.05) is 60.7 Å². The molecule has 0 saturated heterocycles. The summed E-state index contributed by atoms with van der Waals surface area (Å²) in [5.74, 6) is -0.112. The summed E-state index contributed by atoms with van der Waals surface area (Å²) in [4.78, 5) is 27.3. The van der Waals surface area contributed by atoms with Gasteiger partial charge in [0, 0.05) is 22.3 Å². The van der Waals surface area contributed by atoms with Crippen molar-refractivity contribution >= 4 is 11.6 Å². The smallest absolute Gasteiger partial charge is 0.194 e. The monoisotopic (exact) mass is 398 g/mol. The molecule has 0 unspecified atom stereocenters. The number of aryl methyl sites for hydroxylation is 2. The standard InChI is InChI=1S/C28H30O2/c1-3-5-13-21-19-20-22(14-6-4-2)26(28(30)24-17-11-8-12-18-24)25(21)27(29)23-15-9-7-10-16-23/h7-12,15-20H,3-6,13-14H2,1-2H3. The number of hydrogen-bond donors (Lipinski definition) is 0. The summed E-state index contributed by atoms with van der Waals surface area (Å²) in [6.07, 6.45) is 5.66. The maximum Gasteiger partial charge on any atom is 0.194 e. The second-order valence-electron chi connectivity index (χ2n) is 7.73. The van der Waals surface area contributed by atoms with Gasteiger partial charge in [-0.25, -0.2) is 0 Å². The minimum absolute atomic E-state index is 0.0562. The van der Waals surface area contributed by atoms with E-state index in [0.717, 1.165) is 49.7 Å². The molecule has 0 atom stereocenters. The van der Waals surface area contributed by atoms with Crippen molar-refractivity contribution in [2.75, 3.05) is 0 Å². The van der Waals surface area contributed by atoms with E-state index in [2.05, 4.69) is 26.0 Å². The average Bonchev–Trinajstić information content (AvgIpc) is 2.81.